The largest absolute Gasteiger partial charge is 0.492 e. The number of ether oxygens (including phenoxy) is 1. The van der Waals surface area contributed by atoms with Crippen molar-refractivity contribution in [2.75, 3.05) is 13.2 Å². The summed E-state index contributed by atoms with van der Waals surface area (Å²) in [6, 6.07) is 4.60. The van der Waals surface area contributed by atoms with E-state index in [9.17, 15) is 18.8 Å². The molecular weight excluding hydrogens is 305 g/mol. The fraction of sp³-hybridized carbons (Fsp3) is 0.400. The first-order valence-electron chi connectivity index (χ1n) is 7.22. The number of imide groups is 1. The van der Waals surface area contributed by atoms with E-state index in [1.54, 1.807) is 6.92 Å². The summed E-state index contributed by atoms with van der Waals surface area (Å²) >= 11 is 0. The second-order valence-electron chi connectivity index (χ2n) is 5.21. The quantitative estimate of drug-likeness (QED) is 0.666. The van der Waals surface area contributed by atoms with Gasteiger partial charge in [0.25, 0.3) is 0 Å². The predicted octanol–water partition coefficient (Wildman–Crippen LogP) is 0.555. The van der Waals surface area contributed by atoms with Crippen molar-refractivity contribution in [1.82, 2.24) is 16.0 Å². The maximum Gasteiger partial charge on any atom is 0.321 e. The zero-order chi connectivity index (χ0) is 16.8. The average molecular weight is 323 g/mol. The Labute approximate surface area is 132 Å². The van der Waals surface area contributed by atoms with Gasteiger partial charge in [-0.15, -0.1) is 0 Å². The molecule has 124 valence electrons. The van der Waals surface area contributed by atoms with E-state index >= 15 is 0 Å². The van der Waals surface area contributed by atoms with Crippen LogP contribution in [0.1, 0.15) is 13.3 Å². The van der Waals surface area contributed by atoms with Gasteiger partial charge in [-0.2, -0.15) is 0 Å². The van der Waals surface area contributed by atoms with Crippen LogP contribution in [0.2, 0.25) is 0 Å². The smallest absolute Gasteiger partial charge is 0.321 e. The zero-order valence-electron chi connectivity index (χ0n) is 12.6. The molecule has 4 amide bonds. The second-order valence-corrected chi connectivity index (χ2v) is 5.21. The van der Waals surface area contributed by atoms with Crippen LogP contribution in [0.15, 0.2) is 24.3 Å². The van der Waals surface area contributed by atoms with Crippen LogP contribution in [0.5, 0.6) is 5.75 Å². The summed E-state index contributed by atoms with van der Waals surface area (Å²) in [6.45, 7) is 2.15. The maximum atomic E-state index is 12.7. The molecule has 0 bridgehead atoms. The average Bonchev–Trinajstić information content (AvgIpc) is 2.49. The number of benzene rings is 1. The van der Waals surface area contributed by atoms with Gasteiger partial charge in [-0.05, 0) is 31.2 Å². The molecular formula is C15H18FN3O4. The summed E-state index contributed by atoms with van der Waals surface area (Å²) in [6.07, 6.45) is -0.0240. The molecule has 23 heavy (non-hydrogen) atoms. The summed E-state index contributed by atoms with van der Waals surface area (Å²) in [5, 5.41) is 7.32. The first-order valence-corrected chi connectivity index (χ1v) is 7.22. The number of carbonyl (C=O) groups excluding carboxylic acids is 3. The topological polar surface area (TPSA) is 96.5 Å². The van der Waals surface area contributed by atoms with Crippen molar-refractivity contribution >= 4 is 17.8 Å². The van der Waals surface area contributed by atoms with Crippen LogP contribution in [0.3, 0.4) is 0 Å². The van der Waals surface area contributed by atoms with Crippen LogP contribution in [0.4, 0.5) is 9.18 Å². The van der Waals surface area contributed by atoms with Gasteiger partial charge < -0.3 is 15.4 Å². The van der Waals surface area contributed by atoms with Crippen molar-refractivity contribution in [3.8, 4) is 5.75 Å². The highest BCUT2D eigenvalue weighted by Gasteiger charge is 2.33. The molecule has 2 rings (SSSR count). The molecule has 1 aliphatic rings. The summed E-state index contributed by atoms with van der Waals surface area (Å²) in [4.78, 5) is 34.6. The number of hydrogen-bond donors (Lipinski definition) is 3. The van der Waals surface area contributed by atoms with Crippen LogP contribution in [-0.4, -0.2) is 37.0 Å². The Balaban J connectivity index is 1.69. The van der Waals surface area contributed by atoms with E-state index in [1.165, 1.54) is 24.3 Å². The summed E-state index contributed by atoms with van der Waals surface area (Å²) < 4.78 is 18.1. The first-order chi connectivity index (χ1) is 11.0. The van der Waals surface area contributed by atoms with Gasteiger partial charge in [0.15, 0.2) is 0 Å². The highest BCUT2D eigenvalue weighted by Crippen LogP contribution is 2.13. The van der Waals surface area contributed by atoms with Crippen LogP contribution in [0.25, 0.3) is 0 Å². The normalized spacial score (nSPS) is 20.4. The zero-order valence-corrected chi connectivity index (χ0v) is 12.6. The molecule has 1 saturated heterocycles. The van der Waals surface area contributed by atoms with Gasteiger partial charge in [-0.1, -0.05) is 0 Å². The van der Waals surface area contributed by atoms with Gasteiger partial charge >= 0.3 is 6.03 Å². The maximum absolute atomic E-state index is 12.7. The number of nitrogens with one attached hydrogen (secondary N) is 3. The van der Waals surface area contributed by atoms with E-state index in [0.717, 1.165) is 0 Å². The Morgan fingerprint density at radius 2 is 2.00 bits per heavy atom. The Bertz CT molecular complexity index is 591. The van der Waals surface area contributed by atoms with Crippen LogP contribution in [0, 0.1) is 11.7 Å². The van der Waals surface area contributed by atoms with E-state index in [2.05, 4.69) is 16.0 Å². The van der Waals surface area contributed by atoms with Gasteiger partial charge in [0.2, 0.25) is 11.8 Å². The van der Waals surface area contributed by atoms with E-state index in [4.69, 9.17) is 4.74 Å². The lowest BCUT2D eigenvalue weighted by Crippen LogP contribution is -2.57. The summed E-state index contributed by atoms with van der Waals surface area (Å²) in [7, 11) is 0. The molecule has 3 N–H and O–H groups in total. The molecule has 8 heteroatoms. The van der Waals surface area contributed by atoms with E-state index in [1.807, 2.05) is 0 Å². The molecule has 7 nitrogen and oxygen atoms in total. The molecule has 2 unspecified atom stereocenters. The third-order valence-electron chi connectivity index (χ3n) is 3.45. The predicted molar refractivity (Wildman–Crippen MR) is 79.1 cm³/mol. The molecule has 1 fully saturated rings. The summed E-state index contributed by atoms with van der Waals surface area (Å²) in [5.74, 6) is -1.22. The van der Waals surface area contributed by atoms with Gasteiger partial charge in [0.1, 0.15) is 18.2 Å². The number of carbonyl (C=O) groups is 3. The van der Waals surface area contributed by atoms with E-state index < -0.39 is 23.9 Å². The number of urea groups is 1. The second kappa shape index (κ2) is 7.57. The van der Waals surface area contributed by atoms with E-state index in [-0.39, 0.29) is 31.3 Å². The minimum absolute atomic E-state index is 0.0240. The number of hydrogen-bond acceptors (Lipinski definition) is 4. The third-order valence-corrected chi connectivity index (χ3v) is 3.45. The molecule has 1 aliphatic heterocycles. The van der Waals surface area contributed by atoms with Gasteiger partial charge in [-0.25, -0.2) is 9.18 Å². The molecule has 0 spiro atoms. The monoisotopic (exact) mass is 323 g/mol. The Kier molecular flexibility index (Phi) is 5.51. The first kappa shape index (κ1) is 16.7. The molecule has 1 heterocycles. The molecule has 0 radical (unpaired) electrons. The molecule has 1 aromatic rings. The Morgan fingerprint density at radius 1 is 1.30 bits per heavy atom. The fourth-order valence-corrected chi connectivity index (χ4v) is 2.21. The van der Waals surface area contributed by atoms with Crippen LogP contribution < -0.4 is 20.7 Å². The SMILES string of the molecule is CC1NC(=O)NC(=O)C1CC(=O)NCCOc1ccc(F)cc1. The number of halogens is 1. The lowest BCUT2D eigenvalue weighted by molar-refractivity contribution is -0.131. The van der Waals surface area contributed by atoms with Gasteiger partial charge in [0, 0.05) is 12.5 Å². The van der Waals surface area contributed by atoms with Crippen LogP contribution >= 0.6 is 0 Å². The van der Waals surface area contributed by atoms with Crippen molar-refractivity contribution in [2.24, 2.45) is 5.92 Å². The minimum atomic E-state index is -0.606. The van der Waals surface area contributed by atoms with Gasteiger partial charge in [-0.3, -0.25) is 14.9 Å². The molecule has 0 aliphatic carbocycles. The standard InChI is InChI=1S/C15H18FN3O4/c1-9-12(14(21)19-15(22)18-9)8-13(20)17-6-7-23-11-4-2-10(16)3-5-11/h2-5,9,12H,6-8H2,1H3,(H,17,20)(H2,18,19,21,22). The van der Waals surface area contributed by atoms with Crippen molar-refractivity contribution in [1.29, 1.82) is 0 Å². The lowest BCUT2D eigenvalue weighted by Gasteiger charge is -2.28. The molecule has 1 aromatic carbocycles. The van der Waals surface area contributed by atoms with E-state index in [0.29, 0.717) is 5.75 Å². The lowest BCUT2D eigenvalue weighted by atomic mass is 9.94. The van der Waals surface area contributed by atoms with Gasteiger partial charge in [0.05, 0.1) is 12.5 Å². The fourth-order valence-electron chi connectivity index (χ4n) is 2.21. The van der Waals surface area contributed by atoms with Crippen LogP contribution in [-0.2, 0) is 9.59 Å². The third kappa shape index (κ3) is 4.94. The van der Waals surface area contributed by atoms with Crippen molar-refractivity contribution in [3.63, 3.8) is 0 Å². The highest BCUT2D eigenvalue weighted by molar-refractivity contribution is 6.00. The molecule has 0 saturated carbocycles. The van der Waals surface area contributed by atoms with Crippen molar-refractivity contribution < 1.29 is 23.5 Å². The van der Waals surface area contributed by atoms with Crippen molar-refractivity contribution in [3.05, 3.63) is 30.1 Å². The highest BCUT2D eigenvalue weighted by atomic mass is 19.1. The molecule has 0 aromatic heterocycles. The minimum Gasteiger partial charge on any atom is -0.492 e. The Hall–Kier alpha value is -2.64. The summed E-state index contributed by atoms with van der Waals surface area (Å²) in [5.41, 5.74) is 0. The Morgan fingerprint density at radius 3 is 2.65 bits per heavy atom. The number of rotatable bonds is 6. The molecule has 2 atom stereocenters. The van der Waals surface area contributed by atoms with Crippen molar-refractivity contribution in [2.45, 2.75) is 19.4 Å². The number of amides is 4.